The summed E-state index contributed by atoms with van der Waals surface area (Å²) in [6, 6.07) is 4.43. The van der Waals surface area contributed by atoms with E-state index in [-0.39, 0.29) is 28.3 Å². The lowest BCUT2D eigenvalue weighted by Crippen LogP contribution is -2.29. The summed E-state index contributed by atoms with van der Waals surface area (Å²) in [5, 5.41) is 9.35. The Balaban J connectivity index is 2.87. The molecule has 2 aromatic carbocycles. The topological polar surface area (TPSA) is 149 Å². The smallest absolute Gasteiger partial charge is 0.465 e. The maximum absolute atomic E-state index is 12.7. The Morgan fingerprint density at radius 3 is 2.34 bits per heavy atom. The molecule has 0 radical (unpaired) electrons. The van der Waals surface area contributed by atoms with Crippen molar-refractivity contribution in [3.8, 4) is 5.75 Å². The average molecular weight is 411 g/mol. The van der Waals surface area contributed by atoms with Crippen LogP contribution in [0.25, 0.3) is 10.8 Å². The first-order valence-electron chi connectivity index (χ1n) is 7.58. The van der Waals surface area contributed by atoms with Gasteiger partial charge < -0.3 is 20.5 Å². The van der Waals surface area contributed by atoms with Crippen LogP contribution in [0.5, 0.6) is 5.75 Å². The van der Waals surface area contributed by atoms with Gasteiger partial charge in [-0.1, -0.05) is 6.07 Å². The molecule has 0 heterocycles. The average Bonchev–Trinajstić information content (AvgIpc) is 2.67. The molecule has 2 aromatic rings. The second-order valence-corrected chi connectivity index (χ2v) is 5.46. The number of hydrogen-bond donors (Lipinski definition) is 3. The molecule has 0 spiro atoms. The summed E-state index contributed by atoms with van der Waals surface area (Å²) in [7, 11) is 0.935. The maximum atomic E-state index is 12.7. The molecule has 0 aromatic heterocycles. The zero-order valence-corrected chi connectivity index (χ0v) is 14.5. The largest absolute Gasteiger partial charge is 0.491 e. The van der Waals surface area contributed by atoms with Gasteiger partial charge in [-0.05, 0) is 18.2 Å². The van der Waals surface area contributed by atoms with Gasteiger partial charge in [-0.3, -0.25) is 15.0 Å². The quantitative estimate of drug-likeness (QED) is 0.169. The van der Waals surface area contributed by atoms with Crippen LogP contribution in [0.15, 0.2) is 24.3 Å². The van der Waals surface area contributed by atoms with E-state index in [0.29, 0.717) is 0 Å². The van der Waals surface area contributed by atoms with Gasteiger partial charge in [0.15, 0.2) is 5.75 Å². The molecule has 0 atom stereocenters. The predicted molar refractivity (Wildman–Crippen MR) is 92.7 cm³/mol. The van der Waals surface area contributed by atoms with E-state index in [1.165, 1.54) is 12.1 Å². The van der Waals surface area contributed by atoms with E-state index in [2.05, 4.69) is 14.8 Å². The van der Waals surface area contributed by atoms with E-state index in [9.17, 15) is 32.3 Å². The number of carbonyl (C=O) groups excluding carboxylic acids is 4. The summed E-state index contributed by atoms with van der Waals surface area (Å²) in [5.74, 6) is -6.09. The number of fused-ring (bicyclic) bond motifs is 1. The third-order valence-corrected chi connectivity index (χ3v) is 3.60. The number of ether oxygens (including phenoxy) is 2. The number of aldehydes is 1. The lowest BCUT2D eigenvalue weighted by atomic mass is 10.00. The van der Waals surface area contributed by atoms with Crippen LogP contribution in [0.2, 0.25) is 0 Å². The summed E-state index contributed by atoms with van der Waals surface area (Å²) in [6.07, 6.45) is -5.43. The number of anilines is 1. The highest BCUT2D eigenvalue weighted by Gasteiger charge is 2.42. The zero-order valence-electron chi connectivity index (χ0n) is 14.5. The van der Waals surface area contributed by atoms with Crippen LogP contribution in [0.1, 0.15) is 15.9 Å². The van der Waals surface area contributed by atoms with Crippen molar-refractivity contribution >= 4 is 46.4 Å². The molecule has 0 saturated carbocycles. The minimum atomic E-state index is -5.36. The van der Waals surface area contributed by atoms with Crippen LogP contribution >= 0.6 is 0 Å². The van der Waals surface area contributed by atoms with Gasteiger partial charge in [0.1, 0.15) is 11.4 Å². The number of rotatable bonds is 5. The van der Waals surface area contributed by atoms with Gasteiger partial charge in [0, 0.05) is 16.3 Å². The number of nitrogen functional groups attached to an aromatic ring is 1. The first-order chi connectivity index (χ1) is 13.5. The van der Waals surface area contributed by atoms with E-state index in [1.54, 1.807) is 0 Å². The SMILES string of the molecule is COC(=O)c1cc(NC(=O)C=O)c2cc(C(=N)N)ccc2c1OC(=O)C(F)(F)F. The fourth-order valence-corrected chi connectivity index (χ4v) is 2.35. The molecule has 2 rings (SSSR count). The highest BCUT2D eigenvalue weighted by molar-refractivity contribution is 6.31. The van der Waals surface area contributed by atoms with Crippen molar-refractivity contribution in [2.24, 2.45) is 5.73 Å². The third-order valence-electron chi connectivity index (χ3n) is 3.60. The Kier molecular flexibility index (Phi) is 5.86. The summed E-state index contributed by atoms with van der Waals surface area (Å²) < 4.78 is 47.0. The third kappa shape index (κ3) is 4.48. The minimum absolute atomic E-state index is 0.0504. The fourth-order valence-electron chi connectivity index (χ4n) is 2.35. The molecular formula is C17H12F3N3O6. The van der Waals surface area contributed by atoms with E-state index in [0.717, 1.165) is 19.2 Å². The summed E-state index contributed by atoms with van der Waals surface area (Å²) in [5.41, 5.74) is 4.69. The monoisotopic (exact) mass is 411 g/mol. The number of halogens is 3. The van der Waals surface area contributed by atoms with Crippen LogP contribution in [0.3, 0.4) is 0 Å². The Bertz CT molecular complexity index is 1050. The number of nitrogens with two attached hydrogens (primary N) is 1. The second-order valence-electron chi connectivity index (χ2n) is 5.46. The van der Waals surface area contributed by atoms with E-state index in [4.69, 9.17) is 11.1 Å². The van der Waals surface area contributed by atoms with Gasteiger partial charge in [-0.25, -0.2) is 9.59 Å². The normalized spacial score (nSPS) is 10.9. The molecule has 0 saturated heterocycles. The van der Waals surface area contributed by atoms with Crippen molar-refractivity contribution in [2.75, 3.05) is 12.4 Å². The summed E-state index contributed by atoms with van der Waals surface area (Å²) in [6.45, 7) is 0. The van der Waals surface area contributed by atoms with Crippen molar-refractivity contribution in [2.45, 2.75) is 6.18 Å². The van der Waals surface area contributed by atoms with Crippen molar-refractivity contribution in [3.63, 3.8) is 0 Å². The standard InChI is InChI=1S/C17H12F3N3O6/c1-28-15(26)10-5-11(23-12(25)6-24)9-4-7(14(21)22)2-3-8(9)13(10)29-16(27)17(18,19)20/h2-6H,1H3,(H3,21,22)(H,23,25). The number of hydrogen-bond acceptors (Lipinski definition) is 7. The van der Waals surface area contributed by atoms with Gasteiger partial charge in [0.25, 0.3) is 5.91 Å². The molecule has 152 valence electrons. The van der Waals surface area contributed by atoms with E-state index >= 15 is 0 Å². The first kappa shape index (κ1) is 21.3. The fraction of sp³-hybridized carbons (Fsp3) is 0.118. The molecule has 0 fully saturated rings. The Labute approximate surface area is 160 Å². The molecule has 9 nitrogen and oxygen atoms in total. The highest BCUT2D eigenvalue weighted by Crippen LogP contribution is 2.37. The first-order valence-corrected chi connectivity index (χ1v) is 7.58. The van der Waals surface area contributed by atoms with Crippen LogP contribution in [-0.4, -0.2) is 43.3 Å². The Morgan fingerprint density at radius 2 is 1.83 bits per heavy atom. The van der Waals surface area contributed by atoms with Crippen molar-refractivity contribution < 1.29 is 41.8 Å². The number of amides is 1. The summed E-state index contributed by atoms with van der Waals surface area (Å²) >= 11 is 0. The number of methoxy groups -OCH3 is 1. The van der Waals surface area contributed by atoms with Gasteiger partial charge >= 0.3 is 18.1 Å². The van der Waals surface area contributed by atoms with Crippen molar-refractivity contribution in [1.29, 1.82) is 5.41 Å². The number of amidine groups is 1. The Morgan fingerprint density at radius 1 is 1.17 bits per heavy atom. The lowest BCUT2D eigenvalue weighted by Gasteiger charge is -2.17. The van der Waals surface area contributed by atoms with Gasteiger partial charge in [0.2, 0.25) is 6.29 Å². The molecule has 0 aliphatic rings. The molecule has 12 heteroatoms. The number of esters is 2. The number of carbonyl (C=O) groups is 4. The van der Waals surface area contributed by atoms with Gasteiger partial charge in [-0.2, -0.15) is 13.2 Å². The molecular weight excluding hydrogens is 399 g/mol. The molecule has 0 aliphatic heterocycles. The van der Waals surface area contributed by atoms with Crippen LogP contribution in [0, 0.1) is 5.41 Å². The number of alkyl halides is 3. The molecule has 4 N–H and O–H groups in total. The van der Waals surface area contributed by atoms with Crippen molar-refractivity contribution in [3.05, 3.63) is 35.4 Å². The van der Waals surface area contributed by atoms with Crippen LogP contribution < -0.4 is 15.8 Å². The summed E-state index contributed by atoms with van der Waals surface area (Å²) in [4.78, 5) is 45.6. The molecule has 0 bridgehead atoms. The number of benzene rings is 2. The predicted octanol–water partition coefficient (Wildman–Crippen LogP) is 1.52. The lowest BCUT2D eigenvalue weighted by molar-refractivity contribution is -0.189. The second kappa shape index (κ2) is 7.96. The molecule has 1 amide bonds. The Hall–Kier alpha value is -3.96. The maximum Gasteiger partial charge on any atom is 0.491 e. The highest BCUT2D eigenvalue weighted by atomic mass is 19.4. The molecule has 0 aliphatic carbocycles. The molecule has 0 unspecified atom stereocenters. The van der Waals surface area contributed by atoms with Gasteiger partial charge in [0.05, 0.1) is 12.8 Å². The van der Waals surface area contributed by atoms with E-state index < -0.39 is 41.2 Å². The van der Waals surface area contributed by atoms with Crippen LogP contribution in [-0.2, 0) is 19.1 Å². The minimum Gasteiger partial charge on any atom is -0.465 e. The van der Waals surface area contributed by atoms with E-state index in [1.807, 2.05) is 0 Å². The van der Waals surface area contributed by atoms with Gasteiger partial charge in [-0.15, -0.1) is 0 Å². The molecule has 29 heavy (non-hydrogen) atoms. The van der Waals surface area contributed by atoms with Crippen molar-refractivity contribution in [1.82, 2.24) is 0 Å². The number of nitrogens with one attached hydrogen (secondary N) is 2. The van der Waals surface area contributed by atoms with Crippen LogP contribution in [0.4, 0.5) is 18.9 Å². The zero-order chi connectivity index (χ0) is 21.9.